The van der Waals surface area contributed by atoms with Gasteiger partial charge in [0.1, 0.15) is 17.4 Å². The van der Waals surface area contributed by atoms with Crippen LogP contribution in [0.5, 0.6) is 5.75 Å². The number of methoxy groups -OCH3 is 1. The van der Waals surface area contributed by atoms with Crippen molar-refractivity contribution in [2.24, 2.45) is 0 Å². The molecule has 1 aliphatic heterocycles. The van der Waals surface area contributed by atoms with E-state index in [1.807, 2.05) is 13.8 Å². The lowest BCUT2D eigenvalue weighted by Crippen LogP contribution is -2.46. The number of nitrogens with one attached hydrogen (secondary N) is 2. The molecule has 1 aliphatic rings. The molecule has 1 fully saturated rings. The van der Waals surface area contributed by atoms with Crippen molar-refractivity contribution >= 4 is 17.6 Å². The lowest BCUT2D eigenvalue weighted by molar-refractivity contribution is -0.00571. The zero-order chi connectivity index (χ0) is 20.4. The predicted molar refractivity (Wildman–Crippen MR) is 108 cm³/mol. The van der Waals surface area contributed by atoms with Crippen molar-refractivity contribution in [2.45, 2.75) is 26.1 Å². The molecule has 3 aromatic rings. The third kappa shape index (κ3) is 4.29. The van der Waals surface area contributed by atoms with Crippen LogP contribution in [0.3, 0.4) is 0 Å². The van der Waals surface area contributed by atoms with E-state index in [0.29, 0.717) is 34.6 Å². The van der Waals surface area contributed by atoms with E-state index in [9.17, 15) is 4.39 Å². The molecular weight excluding hydrogens is 375 g/mol. The molecule has 0 amide bonds. The molecule has 4 rings (SSSR count). The van der Waals surface area contributed by atoms with Crippen molar-refractivity contribution in [1.29, 1.82) is 0 Å². The Hall–Kier alpha value is -3.20. The van der Waals surface area contributed by atoms with Crippen LogP contribution in [-0.2, 0) is 4.74 Å². The highest BCUT2D eigenvalue weighted by Gasteiger charge is 2.24. The molecule has 0 spiro atoms. The Kier molecular flexibility index (Phi) is 5.30. The molecule has 1 saturated heterocycles. The molecule has 29 heavy (non-hydrogen) atoms. The quantitative estimate of drug-likeness (QED) is 0.681. The molecule has 8 nitrogen and oxygen atoms in total. The van der Waals surface area contributed by atoms with Crippen molar-refractivity contribution in [2.75, 3.05) is 30.4 Å². The number of hydrogen-bond donors (Lipinski definition) is 2. The second-order valence-electron chi connectivity index (χ2n) is 7.04. The molecular formula is C20H23FN6O2. The first-order valence-corrected chi connectivity index (χ1v) is 9.41. The lowest BCUT2D eigenvalue weighted by atomic mass is 10.1. The molecule has 2 N–H and O–H groups in total. The zero-order valence-corrected chi connectivity index (χ0v) is 16.5. The second-order valence-corrected chi connectivity index (χ2v) is 7.04. The third-order valence-electron chi connectivity index (χ3n) is 4.65. The first kappa shape index (κ1) is 19.1. The average Bonchev–Trinajstić information content (AvgIpc) is 3.15. The smallest absolute Gasteiger partial charge is 0.227 e. The summed E-state index contributed by atoms with van der Waals surface area (Å²) in [6.45, 7) is 5.54. The molecule has 1 aromatic carbocycles. The summed E-state index contributed by atoms with van der Waals surface area (Å²) in [5.74, 6) is 1.84. The summed E-state index contributed by atoms with van der Waals surface area (Å²) in [6.07, 6.45) is 1.94. The Labute approximate surface area is 168 Å². The van der Waals surface area contributed by atoms with Crippen LogP contribution in [-0.4, -0.2) is 52.6 Å². The fourth-order valence-corrected chi connectivity index (χ4v) is 3.41. The summed E-state index contributed by atoms with van der Waals surface area (Å²) < 4.78 is 25.1. The van der Waals surface area contributed by atoms with E-state index in [1.165, 1.54) is 13.2 Å². The molecule has 152 valence electrons. The molecule has 0 saturated carbocycles. The monoisotopic (exact) mass is 398 g/mol. The number of H-pyrrole nitrogens is 1. The number of morpholine rings is 1. The van der Waals surface area contributed by atoms with Crippen molar-refractivity contribution in [1.82, 2.24) is 20.2 Å². The fourth-order valence-electron chi connectivity index (χ4n) is 3.41. The minimum atomic E-state index is -0.389. The summed E-state index contributed by atoms with van der Waals surface area (Å²) in [5.41, 5.74) is 0.962. The van der Waals surface area contributed by atoms with Crippen LogP contribution in [0, 0.1) is 5.82 Å². The van der Waals surface area contributed by atoms with Gasteiger partial charge in [-0.15, -0.1) is 0 Å². The van der Waals surface area contributed by atoms with Crippen LogP contribution in [0.4, 0.5) is 22.0 Å². The van der Waals surface area contributed by atoms with Gasteiger partial charge in [-0.1, -0.05) is 0 Å². The Morgan fingerprint density at radius 2 is 1.97 bits per heavy atom. The van der Waals surface area contributed by atoms with Crippen LogP contribution in [0.2, 0.25) is 0 Å². The fraction of sp³-hybridized carbons (Fsp3) is 0.350. The third-order valence-corrected chi connectivity index (χ3v) is 4.65. The maximum atomic E-state index is 14.3. The van der Waals surface area contributed by atoms with E-state index in [1.54, 1.807) is 30.5 Å². The standard InChI is InChI=1S/C20H23FN6O2/c1-12-10-27(11-13(2)29-12)20-22-7-6-18(24-20)23-19-9-17(25-26-19)15-5-4-14(28-3)8-16(15)21/h4-9,12-13H,10-11H2,1-3H3,(H2,22,23,24,25,26)/t12-,13-/m1/s1. The van der Waals surface area contributed by atoms with Crippen molar-refractivity contribution in [3.8, 4) is 17.0 Å². The Balaban J connectivity index is 1.51. The minimum Gasteiger partial charge on any atom is -0.497 e. The highest BCUT2D eigenvalue weighted by Crippen LogP contribution is 2.27. The molecule has 2 aromatic heterocycles. The van der Waals surface area contributed by atoms with E-state index in [2.05, 4.69) is 30.4 Å². The predicted octanol–water partition coefficient (Wildman–Crippen LogP) is 3.37. The number of aromatic amines is 1. The SMILES string of the molecule is COc1ccc(-c2cc(Nc3ccnc(N4C[C@@H](C)O[C@H](C)C4)n3)n[nH]2)c(F)c1. The maximum Gasteiger partial charge on any atom is 0.227 e. The number of hydrogen-bond acceptors (Lipinski definition) is 7. The maximum absolute atomic E-state index is 14.3. The summed E-state index contributed by atoms with van der Waals surface area (Å²) in [6, 6.07) is 8.18. The molecule has 3 heterocycles. The number of rotatable bonds is 5. The van der Waals surface area contributed by atoms with Gasteiger partial charge in [-0.05, 0) is 32.0 Å². The number of halogens is 1. The van der Waals surface area contributed by atoms with Crippen LogP contribution < -0.4 is 15.0 Å². The number of aromatic nitrogens is 4. The first-order chi connectivity index (χ1) is 14.0. The van der Waals surface area contributed by atoms with Gasteiger partial charge in [-0.25, -0.2) is 9.37 Å². The Morgan fingerprint density at radius 1 is 1.17 bits per heavy atom. The van der Waals surface area contributed by atoms with Gasteiger partial charge in [-0.2, -0.15) is 10.1 Å². The summed E-state index contributed by atoms with van der Waals surface area (Å²) in [4.78, 5) is 11.1. The highest BCUT2D eigenvalue weighted by molar-refractivity contribution is 5.66. The van der Waals surface area contributed by atoms with Gasteiger partial charge in [0.05, 0.1) is 25.0 Å². The molecule has 0 unspecified atom stereocenters. The van der Waals surface area contributed by atoms with Gasteiger partial charge in [0, 0.05) is 37.0 Å². The summed E-state index contributed by atoms with van der Waals surface area (Å²) in [7, 11) is 1.50. The summed E-state index contributed by atoms with van der Waals surface area (Å²) >= 11 is 0. The Bertz CT molecular complexity index is 985. The number of benzene rings is 1. The average molecular weight is 398 g/mol. The Morgan fingerprint density at radius 3 is 2.69 bits per heavy atom. The van der Waals surface area contributed by atoms with Gasteiger partial charge >= 0.3 is 0 Å². The van der Waals surface area contributed by atoms with E-state index in [4.69, 9.17) is 9.47 Å². The number of ether oxygens (including phenoxy) is 2. The highest BCUT2D eigenvalue weighted by atomic mass is 19.1. The van der Waals surface area contributed by atoms with Crippen molar-refractivity contribution in [3.63, 3.8) is 0 Å². The van der Waals surface area contributed by atoms with Crippen molar-refractivity contribution in [3.05, 3.63) is 42.3 Å². The molecule has 0 bridgehead atoms. The first-order valence-electron chi connectivity index (χ1n) is 9.41. The van der Waals surface area contributed by atoms with Crippen LogP contribution in [0.1, 0.15) is 13.8 Å². The molecule has 0 radical (unpaired) electrons. The summed E-state index contributed by atoms with van der Waals surface area (Å²) in [5, 5.41) is 10.2. The van der Waals surface area contributed by atoms with E-state index in [-0.39, 0.29) is 18.0 Å². The largest absolute Gasteiger partial charge is 0.497 e. The van der Waals surface area contributed by atoms with Gasteiger partial charge in [0.15, 0.2) is 5.82 Å². The van der Waals surface area contributed by atoms with Crippen LogP contribution >= 0.6 is 0 Å². The van der Waals surface area contributed by atoms with E-state index < -0.39 is 0 Å². The van der Waals surface area contributed by atoms with Gasteiger partial charge in [0.2, 0.25) is 5.95 Å². The van der Waals surface area contributed by atoms with Crippen LogP contribution in [0.15, 0.2) is 36.5 Å². The number of anilines is 3. The lowest BCUT2D eigenvalue weighted by Gasteiger charge is -2.35. The normalized spacial score (nSPS) is 19.2. The van der Waals surface area contributed by atoms with Gasteiger partial charge in [0.25, 0.3) is 0 Å². The topological polar surface area (TPSA) is 88.2 Å². The van der Waals surface area contributed by atoms with Gasteiger partial charge < -0.3 is 19.7 Å². The second kappa shape index (κ2) is 8.04. The number of nitrogens with zero attached hydrogens (tertiary/aromatic N) is 4. The van der Waals surface area contributed by atoms with Crippen LogP contribution in [0.25, 0.3) is 11.3 Å². The minimum absolute atomic E-state index is 0.118. The molecule has 2 atom stereocenters. The van der Waals surface area contributed by atoms with Gasteiger partial charge in [-0.3, -0.25) is 5.10 Å². The van der Waals surface area contributed by atoms with E-state index in [0.717, 1.165) is 13.1 Å². The van der Waals surface area contributed by atoms with Crippen molar-refractivity contribution < 1.29 is 13.9 Å². The van der Waals surface area contributed by atoms with E-state index >= 15 is 0 Å². The zero-order valence-electron chi connectivity index (χ0n) is 16.5. The molecule has 0 aliphatic carbocycles. The molecule has 9 heteroatoms.